The van der Waals surface area contributed by atoms with E-state index in [-0.39, 0.29) is 5.84 Å². The van der Waals surface area contributed by atoms with E-state index in [4.69, 9.17) is 22.5 Å². The van der Waals surface area contributed by atoms with Crippen molar-refractivity contribution in [3.63, 3.8) is 0 Å². The fraction of sp³-hybridized carbons (Fsp3) is 0.533. The van der Waals surface area contributed by atoms with Crippen molar-refractivity contribution in [1.29, 1.82) is 0 Å². The van der Waals surface area contributed by atoms with Gasteiger partial charge in [0, 0.05) is 36.3 Å². The first-order valence-electron chi connectivity index (χ1n) is 7.36. The summed E-state index contributed by atoms with van der Waals surface area (Å²) in [6.07, 6.45) is 2.68. The number of nitrogens with zero attached hydrogens (tertiary/aromatic N) is 2. The van der Waals surface area contributed by atoms with Crippen LogP contribution in [0.3, 0.4) is 0 Å². The number of hydrogen-bond donors (Lipinski definition) is 3. The van der Waals surface area contributed by atoms with Gasteiger partial charge in [-0.3, -0.25) is 4.90 Å². The Kier molecular flexibility index (Phi) is 5.85. The van der Waals surface area contributed by atoms with Crippen LogP contribution in [0.15, 0.2) is 23.4 Å². The Hall–Kier alpha value is -1.30. The van der Waals surface area contributed by atoms with E-state index in [0.717, 1.165) is 37.8 Å². The third kappa shape index (κ3) is 4.59. The maximum atomic E-state index is 8.65. The Labute approximate surface area is 130 Å². The zero-order valence-electron chi connectivity index (χ0n) is 12.3. The van der Waals surface area contributed by atoms with Gasteiger partial charge in [-0.05, 0) is 31.0 Å². The van der Waals surface area contributed by atoms with Gasteiger partial charge < -0.3 is 16.3 Å². The average molecular weight is 311 g/mol. The molecule has 5 nitrogen and oxygen atoms in total. The molecule has 4 N–H and O–H groups in total. The maximum Gasteiger partial charge on any atom is 0.170 e. The molecular weight excluding hydrogens is 288 g/mol. The van der Waals surface area contributed by atoms with E-state index in [9.17, 15) is 0 Å². The minimum Gasteiger partial charge on any atom is -0.409 e. The molecule has 0 radical (unpaired) electrons. The van der Waals surface area contributed by atoms with Crippen molar-refractivity contribution < 1.29 is 5.21 Å². The Morgan fingerprint density at radius 3 is 2.86 bits per heavy atom. The standard InChI is InChI=1S/C15H23ClN4O/c1-2-20(13-5-6-13)8-7-18-10-12-4-3-11(9-14(12)16)15(17)19-21/h3-4,9,13,18,21H,2,5-8,10H2,1H3,(H2,17,19). The molecule has 0 heterocycles. The van der Waals surface area contributed by atoms with E-state index in [1.54, 1.807) is 12.1 Å². The monoisotopic (exact) mass is 310 g/mol. The van der Waals surface area contributed by atoms with Gasteiger partial charge in [-0.25, -0.2) is 0 Å². The fourth-order valence-electron chi connectivity index (χ4n) is 2.39. The summed E-state index contributed by atoms with van der Waals surface area (Å²) < 4.78 is 0. The molecule has 0 atom stereocenters. The Morgan fingerprint density at radius 1 is 1.52 bits per heavy atom. The molecule has 2 rings (SSSR count). The minimum absolute atomic E-state index is 0.0689. The lowest BCUT2D eigenvalue weighted by molar-refractivity contribution is 0.277. The van der Waals surface area contributed by atoms with Crippen molar-refractivity contribution >= 4 is 17.4 Å². The van der Waals surface area contributed by atoms with Crippen LogP contribution in [0.5, 0.6) is 0 Å². The maximum absolute atomic E-state index is 8.65. The summed E-state index contributed by atoms with van der Waals surface area (Å²) in [5.74, 6) is 0.0689. The molecule has 1 aromatic carbocycles. The van der Waals surface area contributed by atoms with Crippen LogP contribution in [0.2, 0.25) is 5.02 Å². The van der Waals surface area contributed by atoms with E-state index in [0.29, 0.717) is 10.6 Å². The van der Waals surface area contributed by atoms with E-state index in [1.165, 1.54) is 12.8 Å². The second kappa shape index (κ2) is 7.64. The van der Waals surface area contributed by atoms with Crippen LogP contribution in [0, 0.1) is 0 Å². The summed E-state index contributed by atoms with van der Waals surface area (Å²) in [4.78, 5) is 2.51. The van der Waals surface area contributed by atoms with Crippen LogP contribution < -0.4 is 11.1 Å². The number of nitrogens with one attached hydrogen (secondary N) is 1. The summed E-state index contributed by atoms with van der Waals surface area (Å²) in [7, 11) is 0. The van der Waals surface area contributed by atoms with Gasteiger partial charge in [0.15, 0.2) is 5.84 Å². The quantitative estimate of drug-likeness (QED) is 0.226. The predicted molar refractivity (Wildman–Crippen MR) is 85.9 cm³/mol. The number of likely N-dealkylation sites (N-methyl/N-ethyl adjacent to an activating group) is 1. The number of rotatable bonds is 8. The highest BCUT2D eigenvalue weighted by atomic mass is 35.5. The highest BCUT2D eigenvalue weighted by Crippen LogP contribution is 2.25. The van der Waals surface area contributed by atoms with Crippen molar-refractivity contribution in [1.82, 2.24) is 10.2 Å². The number of benzene rings is 1. The van der Waals surface area contributed by atoms with Crippen molar-refractivity contribution in [2.45, 2.75) is 32.4 Å². The number of nitrogens with two attached hydrogens (primary N) is 1. The fourth-order valence-corrected chi connectivity index (χ4v) is 2.64. The smallest absolute Gasteiger partial charge is 0.170 e. The average Bonchev–Trinajstić information content (AvgIpc) is 3.32. The SMILES string of the molecule is CCN(CCNCc1ccc(/C(N)=N/O)cc1Cl)C1CC1. The first-order chi connectivity index (χ1) is 10.2. The van der Waals surface area contributed by atoms with Crippen molar-refractivity contribution in [3.05, 3.63) is 34.3 Å². The lowest BCUT2D eigenvalue weighted by Gasteiger charge is -2.19. The topological polar surface area (TPSA) is 73.9 Å². The first-order valence-corrected chi connectivity index (χ1v) is 7.74. The zero-order chi connectivity index (χ0) is 15.2. The van der Waals surface area contributed by atoms with Crippen molar-refractivity contribution in [2.75, 3.05) is 19.6 Å². The van der Waals surface area contributed by atoms with Gasteiger partial charge in [0.05, 0.1) is 0 Å². The first kappa shape index (κ1) is 16.1. The van der Waals surface area contributed by atoms with E-state index in [1.807, 2.05) is 6.07 Å². The van der Waals surface area contributed by atoms with Gasteiger partial charge in [-0.1, -0.05) is 35.8 Å². The minimum atomic E-state index is 0.0689. The third-order valence-corrected chi connectivity index (χ3v) is 4.17. The summed E-state index contributed by atoms with van der Waals surface area (Å²) in [6, 6.07) is 6.23. The number of halogens is 1. The van der Waals surface area contributed by atoms with Crippen LogP contribution >= 0.6 is 11.6 Å². The normalized spacial score (nSPS) is 15.7. The molecule has 0 aliphatic heterocycles. The molecule has 1 aliphatic rings. The van der Waals surface area contributed by atoms with Crippen molar-refractivity contribution in [2.24, 2.45) is 10.9 Å². The molecule has 1 aliphatic carbocycles. The Balaban J connectivity index is 1.80. The Morgan fingerprint density at radius 2 is 2.29 bits per heavy atom. The van der Waals surface area contributed by atoms with Gasteiger partial charge in [-0.2, -0.15) is 0 Å². The summed E-state index contributed by atoms with van der Waals surface area (Å²) in [6.45, 7) is 6.06. The molecule has 0 amide bonds. The van der Waals surface area contributed by atoms with E-state index in [2.05, 4.69) is 22.3 Å². The van der Waals surface area contributed by atoms with E-state index >= 15 is 0 Å². The third-order valence-electron chi connectivity index (χ3n) is 3.82. The van der Waals surface area contributed by atoms with Crippen LogP contribution in [0.4, 0.5) is 0 Å². The molecule has 1 fully saturated rings. The molecule has 0 spiro atoms. The highest BCUT2D eigenvalue weighted by Gasteiger charge is 2.26. The molecule has 0 saturated heterocycles. The summed E-state index contributed by atoms with van der Waals surface area (Å²) >= 11 is 6.22. The lowest BCUT2D eigenvalue weighted by Crippen LogP contribution is -2.33. The second-order valence-corrected chi connectivity index (χ2v) is 5.74. The summed E-state index contributed by atoms with van der Waals surface area (Å²) in [5.41, 5.74) is 7.17. The number of amidine groups is 1. The van der Waals surface area contributed by atoms with Gasteiger partial charge in [0.1, 0.15) is 0 Å². The molecule has 0 aromatic heterocycles. The molecule has 0 bridgehead atoms. The second-order valence-electron chi connectivity index (χ2n) is 5.33. The molecule has 1 aromatic rings. The molecule has 6 heteroatoms. The largest absolute Gasteiger partial charge is 0.409 e. The molecular formula is C15H23ClN4O. The molecule has 1 saturated carbocycles. The molecule has 21 heavy (non-hydrogen) atoms. The summed E-state index contributed by atoms with van der Waals surface area (Å²) in [5, 5.41) is 15.7. The zero-order valence-corrected chi connectivity index (χ0v) is 13.1. The van der Waals surface area contributed by atoms with Crippen LogP contribution in [0.1, 0.15) is 30.9 Å². The number of oxime groups is 1. The molecule has 0 unspecified atom stereocenters. The lowest BCUT2D eigenvalue weighted by atomic mass is 10.1. The van der Waals surface area contributed by atoms with E-state index < -0.39 is 0 Å². The highest BCUT2D eigenvalue weighted by molar-refractivity contribution is 6.31. The molecule has 116 valence electrons. The Bertz CT molecular complexity index is 502. The van der Waals surface area contributed by atoms with Gasteiger partial charge in [0.2, 0.25) is 0 Å². The van der Waals surface area contributed by atoms with Gasteiger partial charge in [-0.15, -0.1) is 0 Å². The van der Waals surface area contributed by atoms with Crippen LogP contribution in [-0.4, -0.2) is 41.6 Å². The van der Waals surface area contributed by atoms with Gasteiger partial charge in [0.25, 0.3) is 0 Å². The van der Waals surface area contributed by atoms with Crippen molar-refractivity contribution in [3.8, 4) is 0 Å². The van der Waals surface area contributed by atoms with Crippen LogP contribution in [-0.2, 0) is 6.54 Å². The van der Waals surface area contributed by atoms with Crippen LogP contribution in [0.25, 0.3) is 0 Å². The predicted octanol–water partition coefficient (Wildman–Crippen LogP) is 2.01. The van der Waals surface area contributed by atoms with Gasteiger partial charge >= 0.3 is 0 Å². The number of hydrogen-bond acceptors (Lipinski definition) is 4.